The molecule has 2 heteroatoms. The van der Waals surface area contributed by atoms with Crippen molar-refractivity contribution >= 4 is 53.9 Å². The summed E-state index contributed by atoms with van der Waals surface area (Å²) >= 11 is 0. The lowest BCUT2D eigenvalue weighted by Crippen LogP contribution is -1.98. The van der Waals surface area contributed by atoms with E-state index in [1.807, 2.05) is 0 Å². The van der Waals surface area contributed by atoms with Crippen LogP contribution in [0.25, 0.3) is 121 Å². The first-order valence-corrected chi connectivity index (χ1v) is 19.2. The van der Waals surface area contributed by atoms with Gasteiger partial charge in [-0.3, -0.25) is 0 Å². The molecule has 0 bridgehead atoms. The van der Waals surface area contributed by atoms with Crippen molar-refractivity contribution in [2.75, 3.05) is 0 Å². The summed E-state index contributed by atoms with van der Waals surface area (Å²) < 4.78 is 0. The van der Waals surface area contributed by atoms with Gasteiger partial charge < -0.3 is 0 Å². The van der Waals surface area contributed by atoms with Gasteiger partial charge in [0, 0.05) is 22.3 Å². The Hall–Kier alpha value is -7.42. The number of nitrogens with zero attached hydrogens (tertiary/aromatic N) is 2. The van der Waals surface area contributed by atoms with Crippen molar-refractivity contribution in [3.05, 3.63) is 194 Å². The van der Waals surface area contributed by atoms with E-state index in [-0.39, 0.29) is 0 Å². The zero-order valence-electron chi connectivity index (χ0n) is 30.4. The monoisotopic (exact) mass is 708 g/mol. The molecule has 10 aromatic carbocycles. The molecule has 1 heterocycles. The molecule has 0 atom stereocenters. The first kappa shape index (κ1) is 31.0. The van der Waals surface area contributed by atoms with Gasteiger partial charge in [-0.1, -0.05) is 176 Å². The molecule has 12 rings (SSSR count). The summed E-state index contributed by atoms with van der Waals surface area (Å²) in [6, 6.07) is 70.5. The van der Waals surface area contributed by atoms with Gasteiger partial charge in [0.1, 0.15) is 0 Å². The number of aromatic nitrogens is 2. The molecule has 1 aliphatic rings. The molecule has 0 spiro atoms. The largest absolute Gasteiger partial charge is 0.227 e. The molecule has 0 N–H and O–H groups in total. The average Bonchev–Trinajstić information content (AvgIpc) is 3.59. The van der Waals surface area contributed by atoms with Gasteiger partial charge in [-0.2, -0.15) is 0 Å². The predicted octanol–water partition coefficient (Wildman–Crippen LogP) is 14.6. The van der Waals surface area contributed by atoms with Crippen LogP contribution in [-0.2, 0) is 0 Å². The molecule has 0 saturated carbocycles. The Kier molecular flexibility index (Phi) is 6.66. The van der Waals surface area contributed by atoms with Crippen molar-refractivity contribution in [3.63, 3.8) is 0 Å². The molecule has 258 valence electrons. The Labute approximate surface area is 324 Å². The third-order valence-electron chi connectivity index (χ3n) is 11.7. The van der Waals surface area contributed by atoms with E-state index in [2.05, 4.69) is 194 Å². The summed E-state index contributed by atoms with van der Waals surface area (Å²) in [4.78, 5) is 10.9. The molecule has 1 aromatic heterocycles. The Morgan fingerprint density at radius 1 is 0.268 bits per heavy atom. The van der Waals surface area contributed by atoms with Gasteiger partial charge in [0.05, 0.1) is 11.4 Å². The number of hydrogen-bond donors (Lipinski definition) is 0. The molecule has 0 radical (unpaired) electrons. The van der Waals surface area contributed by atoms with Crippen molar-refractivity contribution in [1.29, 1.82) is 0 Å². The van der Waals surface area contributed by atoms with E-state index in [9.17, 15) is 0 Å². The number of hydrogen-bond acceptors (Lipinski definition) is 2. The molecule has 0 saturated heterocycles. The minimum absolute atomic E-state index is 0.721. The Bertz CT molecular complexity index is 3410. The van der Waals surface area contributed by atoms with Crippen LogP contribution in [0.1, 0.15) is 0 Å². The third-order valence-corrected chi connectivity index (χ3v) is 11.7. The smallest absolute Gasteiger partial charge is 0.160 e. The number of rotatable bonds is 4. The lowest BCUT2D eigenvalue weighted by atomic mass is 9.84. The Morgan fingerprint density at radius 3 is 1.46 bits per heavy atom. The van der Waals surface area contributed by atoms with Crippen molar-refractivity contribution < 1.29 is 0 Å². The third kappa shape index (κ3) is 4.63. The number of benzene rings is 10. The highest BCUT2D eigenvalue weighted by Gasteiger charge is 2.28. The van der Waals surface area contributed by atoms with Crippen molar-refractivity contribution in [2.24, 2.45) is 0 Å². The van der Waals surface area contributed by atoms with Crippen LogP contribution in [0.5, 0.6) is 0 Å². The molecule has 0 amide bonds. The van der Waals surface area contributed by atoms with Crippen LogP contribution in [0.4, 0.5) is 0 Å². The molecule has 1 aliphatic carbocycles. The van der Waals surface area contributed by atoms with E-state index in [1.165, 1.54) is 81.7 Å². The van der Waals surface area contributed by atoms with Crippen LogP contribution in [0.3, 0.4) is 0 Å². The minimum atomic E-state index is 0.721. The van der Waals surface area contributed by atoms with Crippen LogP contribution in [0.15, 0.2) is 194 Å². The van der Waals surface area contributed by atoms with Gasteiger partial charge in [-0.05, 0) is 99.9 Å². The van der Waals surface area contributed by atoms with Crippen molar-refractivity contribution in [1.82, 2.24) is 9.97 Å². The molecule has 2 nitrogen and oxygen atoms in total. The van der Waals surface area contributed by atoms with Crippen molar-refractivity contribution in [3.8, 4) is 67.3 Å². The highest BCUT2D eigenvalue weighted by atomic mass is 14.9. The Balaban J connectivity index is 1.18. The minimum Gasteiger partial charge on any atom is -0.227 e. The van der Waals surface area contributed by atoms with Crippen LogP contribution >= 0.6 is 0 Å². The molecular weight excluding hydrogens is 677 g/mol. The molecule has 0 fully saturated rings. The van der Waals surface area contributed by atoms with Gasteiger partial charge in [0.25, 0.3) is 0 Å². The van der Waals surface area contributed by atoms with Gasteiger partial charge in [-0.25, -0.2) is 9.97 Å². The van der Waals surface area contributed by atoms with Crippen LogP contribution in [0.2, 0.25) is 0 Å². The summed E-state index contributed by atoms with van der Waals surface area (Å²) in [5.41, 5.74) is 12.3. The first-order chi connectivity index (χ1) is 27.8. The standard InChI is InChI=1S/C54H32N2/c1-2-14-36(15-3-1)52-51-45-22-10-18-35-19-11-23-46(48(35)45)53(51)56-54(55-52)41-28-29-44-47(32-41)50(40-27-25-34-13-5-7-17-38(34)31-40)43-21-9-8-20-42(43)49(44)39-26-24-33-12-4-6-16-37(33)30-39/h1-32H. The summed E-state index contributed by atoms with van der Waals surface area (Å²) in [5, 5.41) is 12.2. The second-order valence-corrected chi connectivity index (χ2v) is 14.9. The fraction of sp³-hybridized carbons (Fsp3) is 0. The van der Waals surface area contributed by atoms with Gasteiger partial charge in [0.2, 0.25) is 0 Å². The normalized spacial score (nSPS) is 11.9. The molecule has 0 unspecified atom stereocenters. The lowest BCUT2D eigenvalue weighted by Gasteiger charge is -2.19. The van der Waals surface area contributed by atoms with Crippen LogP contribution in [-0.4, -0.2) is 9.97 Å². The second-order valence-electron chi connectivity index (χ2n) is 14.9. The highest BCUT2D eigenvalue weighted by Crippen LogP contribution is 2.51. The molecule has 0 aliphatic heterocycles. The quantitative estimate of drug-likeness (QED) is 0.170. The fourth-order valence-electron chi connectivity index (χ4n) is 9.22. The van der Waals surface area contributed by atoms with Crippen LogP contribution < -0.4 is 0 Å². The highest BCUT2D eigenvalue weighted by molar-refractivity contribution is 6.23. The maximum atomic E-state index is 5.47. The predicted molar refractivity (Wildman–Crippen MR) is 236 cm³/mol. The van der Waals surface area contributed by atoms with Crippen LogP contribution in [0, 0.1) is 0 Å². The summed E-state index contributed by atoms with van der Waals surface area (Å²) in [5.74, 6) is 0.721. The van der Waals surface area contributed by atoms with Crippen molar-refractivity contribution in [2.45, 2.75) is 0 Å². The first-order valence-electron chi connectivity index (χ1n) is 19.2. The van der Waals surface area contributed by atoms with Gasteiger partial charge >= 0.3 is 0 Å². The van der Waals surface area contributed by atoms with E-state index < -0.39 is 0 Å². The van der Waals surface area contributed by atoms with E-state index >= 15 is 0 Å². The molecular formula is C54H32N2. The van der Waals surface area contributed by atoms with E-state index in [0.29, 0.717) is 0 Å². The summed E-state index contributed by atoms with van der Waals surface area (Å²) in [7, 11) is 0. The van der Waals surface area contributed by atoms with E-state index in [4.69, 9.17) is 9.97 Å². The topological polar surface area (TPSA) is 25.8 Å². The fourth-order valence-corrected chi connectivity index (χ4v) is 9.22. The lowest BCUT2D eigenvalue weighted by molar-refractivity contribution is 1.19. The molecule has 11 aromatic rings. The van der Waals surface area contributed by atoms with E-state index in [1.54, 1.807) is 0 Å². The zero-order valence-corrected chi connectivity index (χ0v) is 30.4. The maximum Gasteiger partial charge on any atom is 0.160 e. The average molecular weight is 709 g/mol. The van der Waals surface area contributed by atoms with E-state index in [0.717, 1.165) is 39.5 Å². The number of fused-ring (bicyclic) bond motifs is 7. The second kappa shape index (κ2) is 12.0. The van der Waals surface area contributed by atoms with Gasteiger partial charge in [0.15, 0.2) is 5.82 Å². The molecule has 56 heavy (non-hydrogen) atoms. The van der Waals surface area contributed by atoms with Gasteiger partial charge in [-0.15, -0.1) is 0 Å². The maximum absolute atomic E-state index is 5.47. The summed E-state index contributed by atoms with van der Waals surface area (Å²) in [6.07, 6.45) is 0. The zero-order chi connectivity index (χ0) is 36.7. The SMILES string of the molecule is c1ccc(-c2nc(-c3ccc4c(-c5ccc6ccccc6c5)c5ccccc5c(-c5ccc6ccccc6c5)c4c3)nc3c2-c2cccc4cccc-3c24)cc1. The Morgan fingerprint density at radius 2 is 0.786 bits per heavy atom. The summed E-state index contributed by atoms with van der Waals surface area (Å²) in [6.45, 7) is 0.